The molecule has 0 saturated carbocycles. The van der Waals surface area contributed by atoms with Gasteiger partial charge in [-0.2, -0.15) is 0 Å². The van der Waals surface area contributed by atoms with Crippen LogP contribution in [0, 0.1) is 0 Å². The summed E-state index contributed by atoms with van der Waals surface area (Å²) in [6.45, 7) is 4.52. The van der Waals surface area contributed by atoms with Crippen LogP contribution in [-0.2, 0) is 16.7 Å². The van der Waals surface area contributed by atoms with Crippen molar-refractivity contribution in [2.45, 2.75) is 37.3 Å². The highest BCUT2D eigenvalue weighted by molar-refractivity contribution is 6.30. The molecule has 8 heteroatoms. The second-order valence-electron chi connectivity index (χ2n) is 9.24. The van der Waals surface area contributed by atoms with Gasteiger partial charge in [-0.25, -0.2) is 4.98 Å². The minimum atomic E-state index is -0.166. The van der Waals surface area contributed by atoms with E-state index in [4.69, 9.17) is 27.1 Å². The molecule has 0 radical (unpaired) electrons. The summed E-state index contributed by atoms with van der Waals surface area (Å²) in [5.41, 5.74) is 9.37. The number of imidazole rings is 1. The molecular weight excluding hydrogens is 438 g/mol. The van der Waals surface area contributed by atoms with E-state index in [0.29, 0.717) is 30.5 Å². The second kappa shape index (κ2) is 9.43. The molecule has 2 aromatic heterocycles. The Morgan fingerprint density at radius 2 is 2.00 bits per heavy atom. The van der Waals surface area contributed by atoms with Crippen molar-refractivity contribution in [3.05, 3.63) is 70.6 Å². The number of ether oxygens (including phenoxy) is 1. The topological polar surface area (TPSA) is 84.9 Å². The number of nitrogens with zero attached hydrogens (tertiary/aromatic N) is 3. The number of hydrogen-bond acceptors (Lipinski definition) is 5. The van der Waals surface area contributed by atoms with E-state index in [-0.39, 0.29) is 17.4 Å². The lowest BCUT2D eigenvalue weighted by atomic mass is 9.74. The zero-order valence-electron chi connectivity index (χ0n) is 18.7. The number of nitrogens with one attached hydrogen (secondary N) is 1. The summed E-state index contributed by atoms with van der Waals surface area (Å²) in [5, 5.41) is 3.91. The summed E-state index contributed by atoms with van der Waals surface area (Å²) < 4.78 is 7.51. The van der Waals surface area contributed by atoms with E-state index in [1.54, 1.807) is 0 Å². The number of fused-ring (bicyclic) bond motifs is 1. The largest absolute Gasteiger partial charge is 0.381 e. The van der Waals surface area contributed by atoms with Gasteiger partial charge in [0.25, 0.3) is 5.91 Å². The van der Waals surface area contributed by atoms with Gasteiger partial charge in [0.2, 0.25) is 0 Å². The molecule has 1 atom stereocenters. The van der Waals surface area contributed by atoms with Crippen LogP contribution in [0.4, 0.5) is 0 Å². The number of amides is 1. The maximum atomic E-state index is 13.3. The molecule has 33 heavy (non-hydrogen) atoms. The quantitative estimate of drug-likeness (QED) is 0.582. The van der Waals surface area contributed by atoms with Crippen molar-refractivity contribution >= 4 is 23.2 Å². The zero-order chi connectivity index (χ0) is 22.8. The predicted molar refractivity (Wildman–Crippen MR) is 129 cm³/mol. The van der Waals surface area contributed by atoms with Crippen LogP contribution in [0.2, 0.25) is 5.02 Å². The van der Waals surface area contributed by atoms with Crippen LogP contribution < -0.4 is 11.1 Å². The van der Waals surface area contributed by atoms with Crippen molar-refractivity contribution in [2.75, 3.05) is 32.8 Å². The minimum absolute atomic E-state index is 0.104. The smallest absolute Gasteiger partial charge is 0.268 e. The highest BCUT2D eigenvalue weighted by Gasteiger charge is 2.35. The van der Waals surface area contributed by atoms with E-state index in [9.17, 15) is 4.79 Å². The highest BCUT2D eigenvalue weighted by Crippen LogP contribution is 2.35. The molecule has 3 N–H and O–H groups in total. The first-order valence-electron chi connectivity index (χ1n) is 11.6. The van der Waals surface area contributed by atoms with Gasteiger partial charge in [-0.3, -0.25) is 14.1 Å². The SMILES string of the molecule is N[C@@H]1CCN(Cc2cn3c(C(=O)NCC4(c5ccc(Cl)cc5)CCOCC4)cccc3n2)C1. The van der Waals surface area contributed by atoms with Crippen molar-refractivity contribution in [1.29, 1.82) is 0 Å². The Bertz CT molecular complexity index is 1120. The first kappa shape index (κ1) is 22.3. The van der Waals surface area contributed by atoms with Gasteiger partial charge in [-0.05, 0) is 49.1 Å². The molecular formula is C25H30ClN5O2. The van der Waals surface area contributed by atoms with E-state index in [0.717, 1.165) is 50.2 Å². The standard InChI is InChI=1S/C25H30ClN5O2/c26-19-6-4-18(5-7-19)25(9-12-33-13-10-25)17-28-24(32)22-2-1-3-23-29-21(16-31(22)23)15-30-11-8-20(27)14-30/h1-7,16,20H,8-15,17,27H2,(H,28,32)/t20-/m1/s1. The molecule has 2 saturated heterocycles. The summed E-state index contributed by atoms with van der Waals surface area (Å²) in [4.78, 5) is 20.3. The third-order valence-electron chi connectivity index (χ3n) is 6.96. The number of nitrogens with two attached hydrogens (primary N) is 1. The van der Waals surface area contributed by atoms with Crippen LogP contribution in [0.3, 0.4) is 0 Å². The van der Waals surface area contributed by atoms with Crippen molar-refractivity contribution in [2.24, 2.45) is 5.73 Å². The van der Waals surface area contributed by atoms with Crippen LogP contribution in [-0.4, -0.2) is 59.1 Å². The lowest BCUT2D eigenvalue weighted by molar-refractivity contribution is 0.0486. The first-order valence-corrected chi connectivity index (χ1v) is 12.0. The summed E-state index contributed by atoms with van der Waals surface area (Å²) in [5.74, 6) is -0.104. The van der Waals surface area contributed by atoms with E-state index in [2.05, 4.69) is 22.3 Å². The van der Waals surface area contributed by atoms with E-state index in [1.165, 1.54) is 5.56 Å². The van der Waals surface area contributed by atoms with Crippen molar-refractivity contribution in [1.82, 2.24) is 19.6 Å². The van der Waals surface area contributed by atoms with Gasteiger partial charge >= 0.3 is 0 Å². The van der Waals surface area contributed by atoms with Gasteiger partial charge in [0.15, 0.2) is 0 Å². The summed E-state index contributed by atoms with van der Waals surface area (Å²) >= 11 is 6.11. The van der Waals surface area contributed by atoms with Crippen LogP contribution in [0.1, 0.15) is 41.0 Å². The molecule has 4 heterocycles. The average molecular weight is 468 g/mol. The first-order chi connectivity index (χ1) is 16.0. The van der Waals surface area contributed by atoms with Crippen LogP contribution in [0.5, 0.6) is 0 Å². The number of carbonyl (C=O) groups is 1. The number of aromatic nitrogens is 2. The van der Waals surface area contributed by atoms with E-state index in [1.807, 2.05) is 40.9 Å². The van der Waals surface area contributed by atoms with E-state index < -0.39 is 0 Å². The Labute approximate surface area is 198 Å². The Hall–Kier alpha value is -2.45. The maximum absolute atomic E-state index is 13.3. The molecule has 2 fully saturated rings. The number of likely N-dealkylation sites (tertiary alicyclic amines) is 1. The van der Waals surface area contributed by atoms with Gasteiger partial charge < -0.3 is 15.8 Å². The molecule has 0 bridgehead atoms. The van der Waals surface area contributed by atoms with E-state index >= 15 is 0 Å². The average Bonchev–Trinajstić information content (AvgIpc) is 3.43. The molecule has 0 spiro atoms. The minimum Gasteiger partial charge on any atom is -0.381 e. The van der Waals surface area contributed by atoms with Crippen molar-refractivity contribution in [3.8, 4) is 0 Å². The third kappa shape index (κ3) is 4.77. The molecule has 3 aromatic rings. The highest BCUT2D eigenvalue weighted by atomic mass is 35.5. The Kier molecular flexibility index (Phi) is 6.38. The molecule has 0 aliphatic carbocycles. The fourth-order valence-electron chi connectivity index (χ4n) is 5.03. The number of hydrogen-bond donors (Lipinski definition) is 2. The number of halogens is 1. The van der Waals surface area contributed by atoms with Gasteiger partial charge in [0.05, 0.1) is 5.69 Å². The Balaban J connectivity index is 1.34. The van der Waals surface area contributed by atoms with Crippen LogP contribution in [0.15, 0.2) is 48.7 Å². The second-order valence-corrected chi connectivity index (χ2v) is 9.67. The molecule has 5 rings (SSSR count). The monoisotopic (exact) mass is 467 g/mol. The Morgan fingerprint density at radius 3 is 2.73 bits per heavy atom. The van der Waals surface area contributed by atoms with Gasteiger partial charge in [-0.1, -0.05) is 29.8 Å². The zero-order valence-corrected chi connectivity index (χ0v) is 19.4. The van der Waals surface area contributed by atoms with Crippen molar-refractivity contribution < 1.29 is 9.53 Å². The molecule has 0 unspecified atom stereocenters. The van der Waals surface area contributed by atoms with Gasteiger partial charge in [0.1, 0.15) is 11.3 Å². The number of pyridine rings is 1. The molecule has 174 valence electrons. The van der Waals surface area contributed by atoms with Gasteiger partial charge in [-0.15, -0.1) is 0 Å². The summed E-state index contributed by atoms with van der Waals surface area (Å²) in [6, 6.07) is 13.9. The fraction of sp³-hybridized carbons (Fsp3) is 0.440. The molecule has 1 amide bonds. The van der Waals surface area contributed by atoms with Crippen LogP contribution >= 0.6 is 11.6 Å². The molecule has 2 aliphatic rings. The number of rotatable bonds is 6. The normalized spacial score (nSPS) is 20.8. The molecule has 2 aliphatic heterocycles. The predicted octanol–water partition coefficient (Wildman–Crippen LogP) is 3.00. The summed E-state index contributed by atoms with van der Waals surface area (Å²) in [6.07, 6.45) is 4.69. The van der Waals surface area contributed by atoms with Gasteiger partial charge in [0, 0.05) is 62.1 Å². The lowest BCUT2D eigenvalue weighted by Crippen LogP contribution is -2.44. The lowest BCUT2D eigenvalue weighted by Gasteiger charge is -2.38. The molecule has 7 nitrogen and oxygen atoms in total. The van der Waals surface area contributed by atoms with Crippen molar-refractivity contribution in [3.63, 3.8) is 0 Å². The number of carbonyl (C=O) groups excluding carboxylic acids is 1. The summed E-state index contributed by atoms with van der Waals surface area (Å²) in [7, 11) is 0. The maximum Gasteiger partial charge on any atom is 0.268 e. The Morgan fingerprint density at radius 1 is 1.21 bits per heavy atom. The molecule has 1 aromatic carbocycles. The third-order valence-corrected chi connectivity index (χ3v) is 7.21. The van der Waals surface area contributed by atoms with Crippen LogP contribution in [0.25, 0.3) is 5.65 Å². The fourth-order valence-corrected chi connectivity index (χ4v) is 5.16. The number of benzene rings is 1.